The third-order valence-corrected chi connectivity index (χ3v) is 4.30. The Morgan fingerprint density at radius 2 is 1.67 bits per heavy atom. The van der Waals surface area contributed by atoms with Gasteiger partial charge in [0.2, 0.25) is 0 Å². The molecule has 3 aromatic carbocycles. The van der Waals surface area contributed by atoms with Crippen molar-refractivity contribution in [2.45, 2.75) is 19.8 Å². The second kappa shape index (κ2) is 8.90. The van der Waals surface area contributed by atoms with Gasteiger partial charge in [-0.1, -0.05) is 49.4 Å². The first-order valence-corrected chi connectivity index (χ1v) is 8.94. The van der Waals surface area contributed by atoms with E-state index < -0.39 is 0 Å². The zero-order valence-corrected chi connectivity index (χ0v) is 17.5. The molecule has 0 bridgehead atoms. The van der Waals surface area contributed by atoms with Crippen LogP contribution in [0.15, 0.2) is 78.9 Å². The van der Waals surface area contributed by atoms with Crippen LogP contribution >= 0.6 is 0 Å². The number of benzene rings is 3. The van der Waals surface area contributed by atoms with Crippen LogP contribution in [0.25, 0.3) is 28.2 Å². The molecule has 0 saturated heterocycles. The van der Waals surface area contributed by atoms with Crippen molar-refractivity contribution in [2.75, 3.05) is 0 Å². The van der Waals surface area contributed by atoms with E-state index in [1.165, 1.54) is 11.1 Å². The van der Waals surface area contributed by atoms with Gasteiger partial charge in [-0.25, -0.2) is 4.68 Å². The molecule has 0 atom stereocenters. The van der Waals surface area contributed by atoms with Crippen LogP contribution in [0.5, 0.6) is 0 Å². The van der Waals surface area contributed by atoms with Crippen molar-refractivity contribution >= 4 is 0 Å². The zero-order chi connectivity index (χ0) is 17.8. The summed E-state index contributed by atoms with van der Waals surface area (Å²) in [5.41, 5.74) is 4.32. The van der Waals surface area contributed by atoms with Crippen LogP contribution in [0.4, 0.5) is 0 Å². The van der Waals surface area contributed by atoms with Crippen molar-refractivity contribution in [1.82, 2.24) is 14.8 Å². The third-order valence-electron chi connectivity index (χ3n) is 4.30. The first-order valence-electron chi connectivity index (χ1n) is 8.94. The molecule has 1 aromatic heterocycles. The first kappa shape index (κ1) is 19.2. The van der Waals surface area contributed by atoms with Crippen molar-refractivity contribution < 1.29 is 20.1 Å². The predicted molar refractivity (Wildman–Crippen MR) is 105 cm³/mol. The minimum absolute atomic E-state index is 0. The maximum Gasteiger partial charge on any atom is 0.122 e. The zero-order valence-electron chi connectivity index (χ0n) is 15.1. The average molecular weight is 531 g/mol. The van der Waals surface area contributed by atoms with E-state index in [-0.39, 0.29) is 20.1 Å². The minimum atomic E-state index is 0. The number of aromatic nitrogens is 3. The van der Waals surface area contributed by atoms with Gasteiger partial charge in [0, 0.05) is 26.5 Å². The van der Waals surface area contributed by atoms with Gasteiger partial charge < -0.3 is 0 Å². The molecule has 1 heterocycles. The second-order valence-electron chi connectivity index (χ2n) is 6.21. The molecule has 3 nitrogen and oxygen atoms in total. The molecule has 0 N–H and O–H groups in total. The van der Waals surface area contributed by atoms with Crippen molar-refractivity contribution in [3.8, 4) is 28.2 Å². The van der Waals surface area contributed by atoms with Gasteiger partial charge in [-0.05, 0) is 29.7 Å². The van der Waals surface area contributed by atoms with Gasteiger partial charge in [-0.3, -0.25) is 4.98 Å². The molecule has 0 saturated carbocycles. The standard InChI is InChI=1S/C23H20N3.Ir/c1-2-10-22-24-23(19-13-7-4-8-14-19)25-26(22)21-16-9-15-20(17-21)18-11-5-3-6-12-18;/h3-9,11-13,15-17H,2,10H2,1H3;/q-1;. The van der Waals surface area contributed by atoms with E-state index >= 15 is 0 Å². The number of nitrogens with zero attached hydrogens (tertiary/aromatic N) is 3. The number of rotatable bonds is 5. The van der Waals surface area contributed by atoms with E-state index in [9.17, 15) is 0 Å². The summed E-state index contributed by atoms with van der Waals surface area (Å²) >= 11 is 0. The van der Waals surface area contributed by atoms with Gasteiger partial charge in [0.15, 0.2) is 0 Å². The van der Waals surface area contributed by atoms with E-state index in [0.717, 1.165) is 35.7 Å². The van der Waals surface area contributed by atoms with Crippen LogP contribution in [0.3, 0.4) is 0 Å². The topological polar surface area (TPSA) is 30.7 Å². The molecule has 0 fully saturated rings. The Bertz CT molecular complexity index is 995. The van der Waals surface area contributed by atoms with E-state index in [1.807, 2.05) is 35.0 Å². The van der Waals surface area contributed by atoms with Crippen molar-refractivity contribution in [3.05, 3.63) is 90.8 Å². The number of hydrogen-bond donors (Lipinski definition) is 0. The molecule has 0 aliphatic rings. The molecule has 0 amide bonds. The van der Waals surface area contributed by atoms with Crippen molar-refractivity contribution in [3.63, 3.8) is 0 Å². The summed E-state index contributed by atoms with van der Waals surface area (Å²) in [7, 11) is 0. The van der Waals surface area contributed by atoms with Crippen LogP contribution in [0, 0.1) is 6.07 Å². The van der Waals surface area contributed by atoms with Crippen LogP contribution in [0.2, 0.25) is 0 Å². The maximum atomic E-state index is 4.78. The summed E-state index contributed by atoms with van der Waals surface area (Å²) in [5.74, 6) is 1.70. The normalized spacial score (nSPS) is 10.4. The summed E-state index contributed by atoms with van der Waals surface area (Å²) in [6.07, 6.45) is 1.91. The molecule has 4 rings (SSSR count). The maximum absolute atomic E-state index is 4.78. The van der Waals surface area contributed by atoms with Crippen molar-refractivity contribution in [1.29, 1.82) is 0 Å². The van der Waals surface area contributed by atoms with Crippen LogP contribution in [0.1, 0.15) is 19.2 Å². The molecular weight excluding hydrogens is 510 g/mol. The molecule has 0 unspecified atom stereocenters. The Balaban J connectivity index is 0.00000210. The molecule has 4 heteroatoms. The summed E-state index contributed by atoms with van der Waals surface area (Å²) < 4.78 is 1.96. The smallest absolute Gasteiger partial charge is 0.122 e. The molecule has 137 valence electrons. The average Bonchev–Trinajstić information content (AvgIpc) is 3.14. The fourth-order valence-electron chi connectivity index (χ4n) is 3.03. The van der Waals surface area contributed by atoms with Gasteiger partial charge in [0.05, 0.1) is 11.5 Å². The van der Waals surface area contributed by atoms with Gasteiger partial charge in [-0.15, -0.1) is 35.9 Å². The summed E-state index contributed by atoms with van der Waals surface area (Å²) in [6, 6.07) is 29.9. The van der Waals surface area contributed by atoms with Crippen LogP contribution < -0.4 is 0 Å². The van der Waals surface area contributed by atoms with Crippen molar-refractivity contribution in [2.24, 2.45) is 0 Å². The minimum Gasteiger partial charge on any atom is -0.261 e. The van der Waals surface area contributed by atoms with Gasteiger partial charge in [0.25, 0.3) is 0 Å². The largest absolute Gasteiger partial charge is 0.261 e. The van der Waals surface area contributed by atoms with Gasteiger partial charge in [0.1, 0.15) is 5.82 Å². The fraction of sp³-hybridized carbons (Fsp3) is 0.130. The Morgan fingerprint density at radius 3 is 2.41 bits per heavy atom. The Kier molecular flexibility index (Phi) is 6.33. The molecule has 1 radical (unpaired) electrons. The Hall–Kier alpha value is -2.55. The third kappa shape index (κ3) is 4.24. The summed E-state index contributed by atoms with van der Waals surface area (Å²) in [5, 5.41) is 4.78. The monoisotopic (exact) mass is 531 g/mol. The van der Waals surface area contributed by atoms with Gasteiger partial charge >= 0.3 is 0 Å². The predicted octanol–water partition coefficient (Wildman–Crippen LogP) is 5.35. The molecular formula is C23H20IrN3-. The van der Waals surface area contributed by atoms with Crippen LogP contribution in [-0.4, -0.2) is 14.8 Å². The van der Waals surface area contributed by atoms with E-state index in [4.69, 9.17) is 10.1 Å². The SMILES string of the molecule is CCCc1nc(-c2[c-]cccc2)nn1-c1cccc(-c2ccccc2)c1.[Ir]. The molecule has 4 aromatic rings. The Labute approximate surface area is 173 Å². The molecule has 27 heavy (non-hydrogen) atoms. The number of hydrogen-bond acceptors (Lipinski definition) is 2. The number of aryl methyl sites for hydroxylation is 1. The molecule has 0 aliphatic carbocycles. The molecule has 0 spiro atoms. The van der Waals surface area contributed by atoms with E-state index in [1.54, 1.807) is 0 Å². The first-order chi connectivity index (χ1) is 12.8. The van der Waals surface area contributed by atoms with Crippen LogP contribution in [-0.2, 0) is 26.5 Å². The summed E-state index contributed by atoms with van der Waals surface area (Å²) in [6.45, 7) is 2.16. The molecule has 0 aliphatic heterocycles. The summed E-state index contributed by atoms with van der Waals surface area (Å²) in [4.78, 5) is 4.77. The van der Waals surface area contributed by atoms with Gasteiger partial charge in [-0.2, -0.15) is 5.10 Å². The van der Waals surface area contributed by atoms with E-state index in [0.29, 0.717) is 0 Å². The fourth-order valence-corrected chi connectivity index (χ4v) is 3.03. The second-order valence-corrected chi connectivity index (χ2v) is 6.21. The quantitative estimate of drug-likeness (QED) is 0.326. The van der Waals surface area contributed by atoms with E-state index in [2.05, 4.69) is 61.5 Å². The Morgan fingerprint density at radius 1 is 0.889 bits per heavy atom.